The first kappa shape index (κ1) is 27.5. The number of hydrogen-bond acceptors (Lipinski definition) is 5. The fraction of sp³-hybridized carbons (Fsp3) is 0.417. The lowest BCUT2D eigenvalue weighted by atomic mass is 10.1. The van der Waals surface area contributed by atoms with Crippen molar-refractivity contribution in [2.75, 3.05) is 24.2 Å². The van der Waals surface area contributed by atoms with Crippen molar-refractivity contribution >= 4 is 39.1 Å². The number of rotatable bonds is 11. The molecular weight excluding hydrogens is 478 g/mol. The van der Waals surface area contributed by atoms with Crippen LogP contribution in [0, 0.1) is 0 Å². The Morgan fingerprint density at radius 3 is 2.38 bits per heavy atom. The van der Waals surface area contributed by atoms with Crippen molar-refractivity contribution in [2.24, 2.45) is 0 Å². The van der Waals surface area contributed by atoms with Crippen molar-refractivity contribution in [1.82, 2.24) is 10.2 Å². The van der Waals surface area contributed by atoms with Crippen LogP contribution in [0.3, 0.4) is 0 Å². The summed E-state index contributed by atoms with van der Waals surface area (Å²) >= 11 is 6.11. The van der Waals surface area contributed by atoms with Crippen LogP contribution < -0.4 is 14.4 Å². The summed E-state index contributed by atoms with van der Waals surface area (Å²) in [5, 5.41) is 3.38. The van der Waals surface area contributed by atoms with Gasteiger partial charge in [0.1, 0.15) is 18.3 Å². The molecule has 2 amide bonds. The maximum absolute atomic E-state index is 13.5. The fourth-order valence-electron chi connectivity index (χ4n) is 3.31. The van der Waals surface area contributed by atoms with Crippen molar-refractivity contribution in [3.63, 3.8) is 0 Å². The van der Waals surface area contributed by atoms with Gasteiger partial charge in [-0.05, 0) is 50.1 Å². The van der Waals surface area contributed by atoms with Crippen LogP contribution in [0.15, 0.2) is 48.5 Å². The monoisotopic (exact) mass is 509 g/mol. The van der Waals surface area contributed by atoms with Gasteiger partial charge in [-0.3, -0.25) is 13.9 Å². The lowest BCUT2D eigenvalue weighted by molar-refractivity contribution is -0.139. The van der Waals surface area contributed by atoms with Crippen LogP contribution in [-0.2, 0) is 26.2 Å². The molecule has 0 aliphatic rings. The van der Waals surface area contributed by atoms with Gasteiger partial charge < -0.3 is 15.0 Å². The first-order valence-electron chi connectivity index (χ1n) is 10.9. The number of sulfonamides is 1. The van der Waals surface area contributed by atoms with Gasteiger partial charge in [-0.1, -0.05) is 42.8 Å². The summed E-state index contributed by atoms with van der Waals surface area (Å²) in [6.07, 6.45) is 1.75. The zero-order valence-electron chi connectivity index (χ0n) is 20.1. The molecule has 8 nitrogen and oxygen atoms in total. The Labute approximate surface area is 206 Å². The molecule has 2 aromatic rings. The Morgan fingerprint density at radius 1 is 1.12 bits per heavy atom. The van der Waals surface area contributed by atoms with Crippen molar-refractivity contribution in [3.8, 4) is 5.75 Å². The number of ether oxygens (including phenoxy) is 1. The third-order valence-corrected chi connectivity index (χ3v) is 6.80. The van der Waals surface area contributed by atoms with E-state index in [-0.39, 0.29) is 24.2 Å². The number of amides is 2. The number of anilines is 1. The minimum atomic E-state index is -3.84. The summed E-state index contributed by atoms with van der Waals surface area (Å²) in [7, 11) is -2.42. The van der Waals surface area contributed by atoms with Crippen LogP contribution >= 0.6 is 11.6 Å². The van der Waals surface area contributed by atoms with Crippen LogP contribution in [0.2, 0.25) is 5.02 Å². The molecule has 0 fully saturated rings. The highest BCUT2D eigenvalue weighted by molar-refractivity contribution is 7.92. The van der Waals surface area contributed by atoms with Crippen LogP contribution in [0.1, 0.15) is 32.8 Å². The number of benzene rings is 2. The van der Waals surface area contributed by atoms with Crippen molar-refractivity contribution in [3.05, 3.63) is 59.1 Å². The molecule has 34 heavy (non-hydrogen) atoms. The Morgan fingerprint density at radius 2 is 1.79 bits per heavy atom. The quantitative estimate of drug-likeness (QED) is 0.500. The number of nitrogens with zero attached hydrogens (tertiary/aromatic N) is 2. The van der Waals surface area contributed by atoms with E-state index in [1.54, 1.807) is 55.5 Å². The van der Waals surface area contributed by atoms with E-state index in [1.807, 2.05) is 13.8 Å². The van der Waals surface area contributed by atoms with Gasteiger partial charge >= 0.3 is 0 Å². The zero-order chi connectivity index (χ0) is 25.5. The lowest BCUT2D eigenvalue weighted by Gasteiger charge is -2.32. The second-order valence-corrected chi connectivity index (χ2v) is 10.4. The van der Waals surface area contributed by atoms with Gasteiger partial charge in [0, 0.05) is 17.6 Å². The highest BCUT2D eigenvalue weighted by Gasteiger charge is 2.31. The first-order valence-corrected chi connectivity index (χ1v) is 13.2. The zero-order valence-corrected chi connectivity index (χ0v) is 21.7. The third kappa shape index (κ3) is 7.36. The van der Waals surface area contributed by atoms with Crippen LogP contribution in [0.5, 0.6) is 5.75 Å². The molecule has 0 spiro atoms. The molecule has 0 heterocycles. The fourth-order valence-corrected chi connectivity index (χ4v) is 4.38. The maximum atomic E-state index is 13.5. The normalized spacial score (nSPS) is 13.0. The number of para-hydroxylation sites is 2. The maximum Gasteiger partial charge on any atom is 0.244 e. The van der Waals surface area contributed by atoms with Gasteiger partial charge in [0.05, 0.1) is 19.1 Å². The Bertz CT molecular complexity index is 1110. The average Bonchev–Trinajstić information content (AvgIpc) is 2.79. The molecule has 0 bridgehead atoms. The summed E-state index contributed by atoms with van der Waals surface area (Å²) < 4.78 is 31.6. The summed E-state index contributed by atoms with van der Waals surface area (Å²) in [6.45, 7) is 5.02. The largest absolute Gasteiger partial charge is 0.495 e. The molecule has 0 saturated heterocycles. The summed E-state index contributed by atoms with van der Waals surface area (Å²) in [5.41, 5.74) is 0.951. The van der Waals surface area contributed by atoms with E-state index >= 15 is 0 Å². The topological polar surface area (TPSA) is 96.0 Å². The molecule has 2 atom stereocenters. The number of carbonyl (C=O) groups is 2. The molecule has 186 valence electrons. The van der Waals surface area contributed by atoms with E-state index in [4.69, 9.17) is 16.3 Å². The summed E-state index contributed by atoms with van der Waals surface area (Å²) in [5.74, 6) is -0.555. The van der Waals surface area contributed by atoms with E-state index in [1.165, 1.54) is 12.0 Å². The lowest BCUT2D eigenvalue weighted by Crippen LogP contribution is -2.52. The van der Waals surface area contributed by atoms with Gasteiger partial charge in [0.2, 0.25) is 21.8 Å². The van der Waals surface area contributed by atoms with Crippen molar-refractivity contribution < 1.29 is 22.7 Å². The van der Waals surface area contributed by atoms with Crippen LogP contribution in [0.4, 0.5) is 5.69 Å². The first-order chi connectivity index (χ1) is 16.0. The van der Waals surface area contributed by atoms with Crippen LogP contribution in [-0.4, -0.2) is 57.1 Å². The van der Waals surface area contributed by atoms with Gasteiger partial charge in [-0.2, -0.15) is 0 Å². The van der Waals surface area contributed by atoms with Crippen molar-refractivity contribution in [2.45, 2.75) is 45.8 Å². The average molecular weight is 510 g/mol. The van der Waals surface area contributed by atoms with Crippen LogP contribution in [0.25, 0.3) is 0 Å². The molecule has 0 radical (unpaired) electrons. The molecule has 1 N–H and O–H groups in total. The number of carbonyl (C=O) groups excluding carboxylic acids is 2. The number of nitrogens with one attached hydrogen (secondary N) is 1. The Balaban J connectivity index is 2.42. The summed E-state index contributed by atoms with van der Waals surface area (Å²) in [4.78, 5) is 27.8. The molecule has 10 heteroatoms. The van der Waals surface area contributed by atoms with E-state index in [2.05, 4.69) is 5.32 Å². The molecule has 0 saturated carbocycles. The number of halogens is 1. The van der Waals surface area contributed by atoms with E-state index in [9.17, 15) is 18.0 Å². The van der Waals surface area contributed by atoms with E-state index in [0.717, 1.165) is 17.0 Å². The molecular formula is C24H32ClN3O5S. The van der Waals surface area contributed by atoms with Gasteiger partial charge in [-0.25, -0.2) is 8.42 Å². The number of hydrogen-bond donors (Lipinski definition) is 1. The Hall–Kier alpha value is -2.78. The second-order valence-electron chi connectivity index (χ2n) is 8.09. The van der Waals surface area contributed by atoms with Gasteiger partial charge in [0.15, 0.2) is 0 Å². The van der Waals surface area contributed by atoms with E-state index in [0.29, 0.717) is 16.3 Å². The third-order valence-electron chi connectivity index (χ3n) is 5.44. The molecule has 0 unspecified atom stereocenters. The molecule has 0 aromatic heterocycles. The highest BCUT2D eigenvalue weighted by Crippen LogP contribution is 2.29. The van der Waals surface area contributed by atoms with E-state index < -0.39 is 28.5 Å². The minimum absolute atomic E-state index is 0.0702. The molecule has 2 rings (SSSR count). The van der Waals surface area contributed by atoms with Gasteiger partial charge in [0.25, 0.3) is 0 Å². The summed E-state index contributed by atoms with van der Waals surface area (Å²) in [6, 6.07) is 12.6. The standard InChI is InChI=1S/C24H32ClN3O5S/c1-6-17(2)26-24(30)18(3)27(15-19-10-9-11-20(25)14-19)23(29)16-28(34(5,31)32)21-12-7-8-13-22(21)33-4/h7-14,17-18H,6,15-16H2,1-5H3,(H,26,30)/t17-,18-/m1/s1. The smallest absolute Gasteiger partial charge is 0.244 e. The second kappa shape index (κ2) is 12.1. The molecule has 0 aliphatic carbocycles. The van der Waals surface area contributed by atoms with Crippen molar-refractivity contribution in [1.29, 1.82) is 0 Å². The van der Waals surface area contributed by atoms with Gasteiger partial charge in [-0.15, -0.1) is 0 Å². The predicted molar refractivity (Wildman–Crippen MR) is 135 cm³/mol. The predicted octanol–water partition coefficient (Wildman–Crippen LogP) is 3.45. The molecule has 0 aliphatic heterocycles. The SMILES string of the molecule is CC[C@@H](C)NC(=O)[C@@H](C)N(Cc1cccc(Cl)c1)C(=O)CN(c1ccccc1OC)S(C)(=O)=O. The minimum Gasteiger partial charge on any atom is -0.495 e. The molecule has 2 aromatic carbocycles. The Kier molecular flexibility index (Phi) is 9.76. The number of methoxy groups -OCH3 is 1. The highest BCUT2D eigenvalue weighted by atomic mass is 35.5.